The molecule has 0 aliphatic heterocycles. The second-order valence-electron chi connectivity index (χ2n) is 4.24. The van der Waals surface area contributed by atoms with E-state index in [1.807, 2.05) is 18.2 Å². The van der Waals surface area contributed by atoms with Gasteiger partial charge in [0, 0.05) is 4.88 Å². The van der Waals surface area contributed by atoms with Gasteiger partial charge in [-0.2, -0.15) is 0 Å². The van der Waals surface area contributed by atoms with Crippen molar-refractivity contribution in [1.82, 2.24) is 5.43 Å². The van der Waals surface area contributed by atoms with Gasteiger partial charge in [-0.25, -0.2) is 0 Å². The first-order valence-corrected chi connectivity index (χ1v) is 6.75. The molecule has 0 aliphatic carbocycles. The number of ether oxygens (including phenoxy) is 1. The summed E-state index contributed by atoms with van der Waals surface area (Å²) in [6.07, 6.45) is 0.856. The Morgan fingerprint density at radius 3 is 2.83 bits per heavy atom. The van der Waals surface area contributed by atoms with Gasteiger partial charge in [0.15, 0.2) is 0 Å². The first-order chi connectivity index (χ1) is 8.74. The van der Waals surface area contributed by atoms with Crippen molar-refractivity contribution in [2.75, 3.05) is 7.11 Å². The van der Waals surface area contributed by atoms with Crippen molar-refractivity contribution in [2.45, 2.75) is 19.4 Å². The van der Waals surface area contributed by atoms with Gasteiger partial charge in [0.2, 0.25) is 0 Å². The Bertz CT molecular complexity index is 510. The van der Waals surface area contributed by atoms with E-state index in [4.69, 9.17) is 10.6 Å². The van der Waals surface area contributed by atoms with Crippen LogP contribution in [0, 0.1) is 6.92 Å². The van der Waals surface area contributed by atoms with Crippen LogP contribution in [0.25, 0.3) is 0 Å². The Balaban J connectivity index is 2.18. The predicted octanol–water partition coefficient (Wildman–Crippen LogP) is 2.81. The molecule has 0 fully saturated rings. The zero-order chi connectivity index (χ0) is 13.0. The lowest BCUT2D eigenvalue weighted by molar-refractivity contribution is 0.414. The van der Waals surface area contributed by atoms with Gasteiger partial charge < -0.3 is 4.74 Å². The molecular formula is C14H18N2OS. The van der Waals surface area contributed by atoms with Crippen LogP contribution >= 0.6 is 11.3 Å². The molecule has 1 unspecified atom stereocenters. The van der Waals surface area contributed by atoms with E-state index in [2.05, 4.69) is 29.9 Å². The zero-order valence-electron chi connectivity index (χ0n) is 10.6. The van der Waals surface area contributed by atoms with Gasteiger partial charge in [0.05, 0.1) is 13.2 Å². The van der Waals surface area contributed by atoms with Crippen LogP contribution in [-0.4, -0.2) is 7.11 Å². The summed E-state index contributed by atoms with van der Waals surface area (Å²) in [7, 11) is 1.68. The molecule has 4 heteroatoms. The van der Waals surface area contributed by atoms with Crippen LogP contribution in [0.1, 0.15) is 22.0 Å². The lowest BCUT2D eigenvalue weighted by atomic mass is 10.0. The molecule has 0 saturated heterocycles. The maximum Gasteiger partial charge on any atom is 0.119 e. The minimum absolute atomic E-state index is 0.150. The number of thiophene rings is 1. The first kappa shape index (κ1) is 13.1. The standard InChI is InChI=1S/C14H18N2OS/c1-10-6-7-18-14(10)13(16-15)9-11-4-3-5-12(8-11)17-2/h3-8,13,16H,9,15H2,1-2H3. The number of aryl methyl sites for hydroxylation is 1. The summed E-state index contributed by atoms with van der Waals surface area (Å²) in [6.45, 7) is 2.11. The number of hydrogen-bond acceptors (Lipinski definition) is 4. The molecule has 0 amide bonds. The van der Waals surface area contributed by atoms with E-state index >= 15 is 0 Å². The molecule has 0 spiro atoms. The van der Waals surface area contributed by atoms with Crippen molar-refractivity contribution < 1.29 is 4.74 Å². The number of nitrogens with one attached hydrogen (secondary N) is 1. The van der Waals surface area contributed by atoms with Crippen molar-refractivity contribution in [3.63, 3.8) is 0 Å². The minimum atomic E-state index is 0.150. The van der Waals surface area contributed by atoms with Gasteiger partial charge in [-0.1, -0.05) is 12.1 Å². The van der Waals surface area contributed by atoms with Crippen LogP contribution in [0.5, 0.6) is 5.75 Å². The van der Waals surface area contributed by atoms with Crippen molar-refractivity contribution in [2.24, 2.45) is 5.84 Å². The topological polar surface area (TPSA) is 47.3 Å². The zero-order valence-corrected chi connectivity index (χ0v) is 11.5. The highest BCUT2D eigenvalue weighted by Gasteiger charge is 2.14. The molecule has 1 heterocycles. The molecule has 2 rings (SSSR count). The maximum absolute atomic E-state index is 5.68. The summed E-state index contributed by atoms with van der Waals surface area (Å²) < 4.78 is 5.24. The van der Waals surface area contributed by atoms with Gasteiger partial charge >= 0.3 is 0 Å². The van der Waals surface area contributed by atoms with Crippen LogP contribution < -0.4 is 16.0 Å². The third kappa shape index (κ3) is 2.90. The second-order valence-corrected chi connectivity index (χ2v) is 5.19. The smallest absolute Gasteiger partial charge is 0.119 e. The fourth-order valence-electron chi connectivity index (χ4n) is 2.00. The molecule has 3 N–H and O–H groups in total. The molecule has 1 aromatic carbocycles. The molecule has 1 aromatic heterocycles. The summed E-state index contributed by atoms with van der Waals surface area (Å²) in [5.41, 5.74) is 5.40. The highest BCUT2D eigenvalue weighted by Crippen LogP contribution is 2.27. The third-order valence-corrected chi connectivity index (χ3v) is 4.13. The summed E-state index contributed by atoms with van der Waals surface area (Å²) in [5.74, 6) is 6.56. The fraction of sp³-hybridized carbons (Fsp3) is 0.286. The molecular weight excluding hydrogens is 244 g/mol. The third-order valence-electron chi connectivity index (χ3n) is 2.99. The van der Waals surface area contributed by atoms with E-state index < -0.39 is 0 Å². The van der Waals surface area contributed by atoms with Gasteiger partial charge in [-0.3, -0.25) is 11.3 Å². The van der Waals surface area contributed by atoms with Crippen molar-refractivity contribution >= 4 is 11.3 Å². The van der Waals surface area contributed by atoms with E-state index in [0.29, 0.717) is 0 Å². The van der Waals surface area contributed by atoms with Crippen molar-refractivity contribution in [3.8, 4) is 5.75 Å². The Kier molecular flexibility index (Phi) is 4.36. The van der Waals surface area contributed by atoms with E-state index in [9.17, 15) is 0 Å². The molecule has 0 radical (unpaired) electrons. The van der Waals surface area contributed by atoms with Crippen LogP contribution in [-0.2, 0) is 6.42 Å². The fourth-order valence-corrected chi connectivity index (χ4v) is 2.99. The molecule has 2 aromatic rings. The van der Waals surface area contributed by atoms with E-state index in [1.165, 1.54) is 16.0 Å². The molecule has 0 bridgehead atoms. The first-order valence-electron chi connectivity index (χ1n) is 5.87. The Morgan fingerprint density at radius 1 is 1.39 bits per heavy atom. The molecule has 1 atom stereocenters. The average Bonchev–Trinajstić information content (AvgIpc) is 2.82. The average molecular weight is 262 g/mol. The summed E-state index contributed by atoms with van der Waals surface area (Å²) in [4.78, 5) is 1.29. The molecule has 3 nitrogen and oxygen atoms in total. The second kappa shape index (κ2) is 6.00. The van der Waals surface area contributed by atoms with Crippen LogP contribution in [0.4, 0.5) is 0 Å². The number of hydrazine groups is 1. The predicted molar refractivity (Wildman–Crippen MR) is 75.8 cm³/mol. The van der Waals surface area contributed by atoms with Crippen molar-refractivity contribution in [3.05, 3.63) is 51.7 Å². The number of hydrogen-bond donors (Lipinski definition) is 2. The van der Waals surface area contributed by atoms with Gasteiger partial charge in [-0.15, -0.1) is 11.3 Å². The van der Waals surface area contributed by atoms with E-state index in [-0.39, 0.29) is 6.04 Å². The summed E-state index contributed by atoms with van der Waals surface area (Å²) in [6, 6.07) is 10.4. The maximum atomic E-state index is 5.68. The summed E-state index contributed by atoms with van der Waals surface area (Å²) in [5, 5.41) is 2.10. The number of benzene rings is 1. The lowest BCUT2D eigenvalue weighted by Crippen LogP contribution is -2.29. The molecule has 18 heavy (non-hydrogen) atoms. The molecule has 0 aliphatic rings. The highest BCUT2D eigenvalue weighted by molar-refractivity contribution is 7.10. The van der Waals surface area contributed by atoms with Gasteiger partial charge in [-0.05, 0) is 48.1 Å². The largest absolute Gasteiger partial charge is 0.497 e. The van der Waals surface area contributed by atoms with Gasteiger partial charge in [0.25, 0.3) is 0 Å². The highest BCUT2D eigenvalue weighted by atomic mass is 32.1. The van der Waals surface area contributed by atoms with Crippen LogP contribution in [0.2, 0.25) is 0 Å². The van der Waals surface area contributed by atoms with Crippen molar-refractivity contribution in [1.29, 1.82) is 0 Å². The number of nitrogens with two attached hydrogens (primary N) is 1. The van der Waals surface area contributed by atoms with Crippen LogP contribution in [0.15, 0.2) is 35.7 Å². The Hall–Kier alpha value is -1.36. The quantitative estimate of drug-likeness (QED) is 0.643. The monoisotopic (exact) mass is 262 g/mol. The number of rotatable bonds is 5. The lowest BCUT2D eigenvalue weighted by Gasteiger charge is -2.16. The Morgan fingerprint density at radius 2 is 2.22 bits per heavy atom. The van der Waals surface area contributed by atoms with E-state index in [1.54, 1.807) is 18.4 Å². The normalized spacial score (nSPS) is 12.4. The van der Waals surface area contributed by atoms with Crippen LogP contribution in [0.3, 0.4) is 0 Å². The number of methoxy groups -OCH3 is 1. The molecule has 0 saturated carbocycles. The van der Waals surface area contributed by atoms with E-state index in [0.717, 1.165) is 12.2 Å². The Labute approximate surface area is 112 Å². The minimum Gasteiger partial charge on any atom is -0.497 e. The SMILES string of the molecule is COc1cccc(CC(NN)c2sccc2C)c1. The molecule has 96 valence electrons. The summed E-state index contributed by atoms with van der Waals surface area (Å²) >= 11 is 1.74. The van der Waals surface area contributed by atoms with Gasteiger partial charge in [0.1, 0.15) is 5.75 Å².